The summed E-state index contributed by atoms with van der Waals surface area (Å²) in [4.78, 5) is 32.5. The Morgan fingerprint density at radius 3 is 1.61 bits per heavy atom. The highest BCUT2D eigenvalue weighted by Crippen LogP contribution is 2.19. The summed E-state index contributed by atoms with van der Waals surface area (Å²) in [5, 5.41) is 26.5. The first-order valence-corrected chi connectivity index (χ1v) is 5.10. The number of carbonyl (C=O) groups is 3. The van der Waals surface area contributed by atoms with Crippen LogP contribution in [0.5, 0.6) is 0 Å². The SMILES string of the molecule is Cc1cc(CC(=O)O)c(C(=O)O)c(CC(=O)O)c1. The van der Waals surface area contributed by atoms with Gasteiger partial charge in [0.25, 0.3) is 0 Å². The average molecular weight is 252 g/mol. The Bertz CT molecular complexity index is 480. The van der Waals surface area contributed by atoms with E-state index in [1.165, 1.54) is 12.1 Å². The lowest BCUT2D eigenvalue weighted by Crippen LogP contribution is -2.14. The van der Waals surface area contributed by atoms with Crippen LogP contribution >= 0.6 is 0 Å². The minimum Gasteiger partial charge on any atom is -0.481 e. The molecular weight excluding hydrogens is 240 g/mol. The van der Waals surface area contributed by atoms with Crippen LogP contribution in [-0.4, -0.2) is 33.2 Å². The van der Waals surface area contributed by atoms with E-state index in [1.807, 2.05) is 0 Å². The molecule has 0 fully saturated rings. The molecule has 1 aromatic carbocycles. The van der Waals surface area contributed by atoms with E-state index in [0.717, 1.165) is 0 Å². The molecule has 96 valence electrons. The molecule has 0 radical (unpaired) electrons. The Labute approximate surface area is 102 Å². The molecular formula is C12H12O6. The summed E-state index contributed by atoms with van der Waals surface area (Å²) in [5.74, 6) is -3.64. The first-order valence-electron chi connectivity index (χ1n) is 5.10. The summed E-state index contributed by atoms with van der Waals surface area (Å²) >= 11 is 0. The van der Waals surface area contributed by atoms with Crippen molar-refractivity contribution in [2.45, 2.75) is 19.8 Å². The number of hydrogen-bond acceptors (Lipinski definition) is 3. The molecule has 18 heavy (non-hydrogen) atoms. The molecule has 0 bridgehead atoms. The summed E-state index contributed by atoms with van der Waals surface area (Å²) in [6.07, 6.45) is -0.897. The number of carboxylic acids is 3. The highest BCUT2D eigenvalue weighted by molar-refractivity contribution is 5.94. The zero-order valence-electron chi connectivity index (χ0n) is 9.64. The fraction of sp³-hybridized carbons (Fsp3) is 0.250. The third-order valence-electron chi connectivity index (χ3n) is 2.34. The van der Waals surface area contributed by atoms with Gasteiger partial charge in [-0.25, -0.2) is 4.79 Å². The van der Waals surface area contributed by atoms with E-state index >= 15 is 0 Å². The van der Waals surface area contributed by atoms with Crippen LogP contribution in [0.2, 0.25) is 0 Å². The van der Waals surface area contributed by atoms with Crippen molar-refractivity contribution in [1.29, 1.82) is 0 Å². The third kappa shape index (κ3) is 3.31. The number of aliphatic carboxylic acids is 2. The van der Waals surface area contributed by atoms with E-state index in [9.17, 15) is 14.4 Å². The van der Waals surface area contributed by atoms with Crippen LogP contribution in [0.25, 0.3) is 0 Å². The number of aromatic carboxylic acids is 1. The van der Waals surface area contributed by atoms with Crippen LogP contribution in [0.1, 0.15) is 27.0 Å². The summed E-state index contributed by atoms with van der Waals surface area (Å²) in [6, 6.07) is 2.89. The second kappa shape index (κ2) is 5.31. The Balaban J connectivity index is 3.40. The van der Waals surface area contributed by atoms with Crippen LogP contribution in [0.3, 0.4) is 0 Å². The van der Waals surface area contributed by atoms with Crippen molar-refractivity contribution in [1.82, 2.24) is 0 Å². The second-order valence-electron chi connectivity index (χ2n) is 3.90. The molecule has 0 aliphatic heterocycles. The smallest absolute Gasteiger partial charge is 0.336 e. The largest absolute Gasteiger partial charge is 0.481 e. The highest BCUT2D eigenvalue weighted by Gasteiger charge is 2.19. The van der Waals surface area contributed by atoms with E-state index in [4.69, 9.17) is 15.3 Å². The molecule has 0 saturated carbocycles. The van der Waals surface area contributed by atoms with Crippen molar-refractivity contribution in [3.8, 4) is 0 Å². The minimum atomic E-state index is -1.32. The number of rotatable bonds is 5. The normalized spacial score (nSPS) is 10.1. The lowest BCUT2D eigenvalue weighted by Gasteiger charge is -2.10. The highest BCUT2D eigenvalue weighted by atomic mass is 16.4. The third-order valence-corrected chi connectivity index (χ3v) is 2.34. The maximum Gasteiger partial charge on any atom is 0.336 e. The van der Waals surface area contributed by atoms with Crippen molar-refractivity contribution < 1.29 is 29.7 Å². The molecule has 0 aliphatic carbocycles. The Hall–Kier alpha value is -2.37. The van der Waals surface area contributed by atoms with E-state index in [0.29, 0.717) is 5.56 Å². The van der Waals surface area contributed by atoms with Crippen LogP contribution < -0.4 is 0 Å². The monoisotopic (exact) mass is 252 g/mol. The average Bonchev–Trinajstić information content (AvgIpc) is 2.12. The fourth-order valence-electron chi connectivity index (χ4n) is 1.82. The lowest BCUT2D eigenvalue weighted by atomic mass is 9.94. The maximum absolute atomic E-state index is 11.1. The molecule has 0 aromatic heterocycles. The topological polar surface area (TPSA) is 112 Å². The standard InChI is InChI=1S/C12H12O6/c1-6-2-7(4-9(13)14)11(12(17)18)8(3-6)5-10(15)16/h2-3H,4-5H2,1H3,(H,13,14)(H,15,16)(H,17,18). The number of aryl methyl sites for hydroxylation is 1. The molecule has 0 spiro atoms. The van der Waals surface area contributed by atoms with Gasteiger partial charge in [-0.2, -0.15) is 0 Å². The van der Waals surface area contributed by atoms with E-state index < -0.39 is 30.7 Å². The number of benzene rings is 1. The van der Waals surface area contributed by atoms with Gasteiger partial charge < -0.3 is 15.3 Å². The van der Waals surface area contributed by atoms with Gasteiger partial charge in [-0.1, -0.05) is 17.7 Å². The van der Waals surface area contributed by atoms with Gasteiger partial charge in [-0.3, -0.25) is 9.59 Å². The molecule has 1 aromatic rings. The molecule has 0 saturated heterocycles. The van der Waals surface area contributed by atoms with Crippen LogP contribution in [-0.2, 0) is 22.4 Å². The quantitative estimate of drug-likeness (QED) is 0.719. The van der Waals surface area contributed by atoms with E-state index in [2.05, 4.69) is 0 Å². The maximum atomic E-state index is 11.1. The summed E-state index contributed by atoms with van der Waals surface area (Å²) < 4.78 is 0. The van der Waals surface area contributed by atoms with Gasteiger partial charge in [-0.05, 0) is 18.1 Å². The minimum absolute atomic E-state index is 0.117. The van der Waals surface area contributed by atoms with Crippen LogP contribution in [0.4, 0.5) is 0 Å². The van der Waals surface area contributed by atoms with Gasteiger partial charge in [0.2, 0.25) is 0 Å². The first-order chi connectivity index (χ1) is 8.31. The molecule has 0 amide bonds. The van der Waals surface area contributed by atoms with Crippen molar-refractivity contribution in [3.63, 3.8) is 0 Å². The summed E-state index contributed by atoms with van der Waals surface area (Å²) in [5.41, 5.74) is 0.635. The van der Waals surface area contributed by atoms with Crippen LogP contribution in [0.15, 0.2) is 12.1 Å². The molecule has 0 unspecified atom stereocenters. The molecule has 0 heterocycles. The van der Waals surface area contributed by atoms with E-state index in [-0.39, 0.29) is 16.7 Å². The Kier molecular flexibility index (Phi) is 4.04. The van der Waals surface area contributed by atoms with Gasteiger partial charge in [0.05, 0.1) is 18.4 Å². The Morgan fingerprint density at radius 1 is 0.944 bits per heavy atom. The molecule has 0 aliphatic rings. The van der Waals surface area contributed by atoms with Gasteiger partial charge in [0, 0.05) is 0 Å². The number of carboxylic acid groups (broad SMARTS) is 3. The zero-order chi connectivity index (χ0) is 13.9. The lowest BCUT2D eigenvalue weighted by molar-refractivity contribution is -0.137. The van der Waals surface area contributed by atoms with Gasteiger partial charge >= 0.3 is 17.9 Å². The molecule has 1 rings (SSSR count). The van der Waals surface area contributed by atoms with Crippen molar-refractivity contribution in [2.24, 2.45) is 0 Å². The van der Waals surface area contributed by atoms with Gasteiger partial charge in [0.1, 0.15) is 0 Å². The van der Waals surface area contributed by atoms with Crippen LogP contribution in [0, 0.1) is 6.92 Å². The summed E-state index contributed by atoms with van der Waals surface area (Å²) in [7, 11) is 0. The first kappa shape index (κ1) is 13.7. The predicted octanol–water partition coefficient (Wildman–Crippen LogP) is 0.947. The molecule has 6 nitrogen and oxygen atoms in total. The van der Waals surface area contributed by atoms with Crippen molar-refractivity contribution in [3.05, 3.63) is 34.4 Å². The van der Waals surface area contributed by atoms with Crippen molar-refractivity contribution in [2.75, 3.05) is 0 Å². The molecule has 0 atom stereocenters. The Morgan fingerprint density at radius 2 is 1.33 bits per heavy atom. The predicted molar refractivity (Wildman–Crippen MR) is 60.8 cm³/mol. The number of hydrogen-bond donors (Lipinski definition) is 3. The molecule has 3 N–H and O–H groups in total. The summed E-state index contributed by atoms with van der Waals surface area (Å²) in [6.45, 7) is 1.66. The zero-order valence-corrected chi connectivity index (χ0v) is 9.64. The van der Waals surface area contributed by atoms with E-state index in [1.54, 1.807) is 6.92 Å². The second-order valence-corrected chi connectivity index (χ2v) is 3.90. The molecule has 6 heteroatoms. The van der Waals surface area contributed by atoms with Crippen molar-refractivity contribution >= 4 is 17.9 Å². The van der Waals surface area contributed by atoms with Gasteiger partial charge in [0.15, 0.2) is 0 Å². The fourth-order valence-corrected chi connectivity index (χ4v) is 1.82. The van der Waals surface area contributed by atoms with Gasteiger partial charge in [-0.15, -0.1) is 0 Å².